The van der Waals surface area contributed by atoms with Crippen LogP contribution < -0.4 is 16.6 Å². The molecule has 2 saturated heterocycles. The number of aliphatic hydroxyl groups excluding tert-OH is 2. The van der Waals surface area contributed by atoms with Gasteiger partial charge in [-0.1, -0.05) is 0 Å². The number of carbonyl (C=O) groups is 1. The topological polar surface area (TPSA) is 274 Å². The van der Waals surface area contributed by atoms with E-state index in [1.807, 2.05) is 0 Å². The van der Waals surface area contributed by atoms with E-state index in [4.69, 9.17) is 30.0 Å². The van der Waals surface area contributed by atoms with Crippen LogP contribution in [-0.4, -0.2) is 99.0 Å². The number of fused-ring (bicyclic) bond motifs is 2. The molecule has 19 nitrogen and oxygen atoms in total. The molecule has 4 aromatic rings. The summed E-state index contributed by atoms with van der Waals surface area (Å²) in [6, 6.07) is 0. The average Bonchev–Trinajstić information content (AvgIpc) is 3.72. The van der Waals surface area contributed by atoms with Gasteiger partial charge in [0.1, 0.15) is 48.4 Å². The normalized spacial score (nSPS) is 27.6. The number of hydrogen-bond acceptors (Lipinski definition) is 17. The summed E-state index contributed by atoms with van der Waals surface area (Å²) in [5.41, 5.74) is 13.1. The van der Waals surface area contributed by atoms with Gasteiger partial charge in [-0.3, -0.25) is 13.7 Å². The van der Waals surface area contributed by atoms with Gasteiger partial charge in [-0.2, -0.15) is 0 Å². The highest BCUT2D eigenvalue weighted by atomic mass is 31.2. The number of carboxylic acids is 1. The second-order valence-corrected chi connectivity index (χ2v) is 11.7. The Morgan fingerprint density at radius 3 is 2.12 bits per heavy atom. The number of aliphatic carboxylic acids is 1. The molecule has 2 aliphatic heterocycles. The van der Waals surface area contributed by atoms with Crippen molar-refractivity contribution < 1.29 is 43.2 Å². The Kier molecular flexibility index (Phi) is 7.48. The number of nitrogen functional groups attached to an aromatic ring is 2. The van der Waals surface area contributed by atoms with E-state index in [9.17, 15) is 24.7 Å². The molecule has 0 spiro atoms. The number of anilines is 2. The highest BCUT2D eigenvalue weighted by Crippen LogP contribution is 2.52. The van der Waals surface area contributed by atoms with Crippen LogP contribution in [0, 0.1) is 0 Å². The van der Waals surface area contributed by atoms with Gasteiger partial charge < -0.3 is 50.1 Å². The minimum atomic E-state index is -4.41. The first-order valence-corrected chi connectivity index (χ1v) is 14.5. The molecular formula is C22H26N10O9P-. The molecule has 20 heteroatoms. The van der Waals surface area contributed by atoms with E-state index >= 15 is 0 Å². The maximum Gasteiger partial charge on any atom is 0.336 e. The summed E-state index contributed by atoms with van der Waals surface area (Å²) in [4.78, 5) is 36.0. The number of nitrogens with two attached hydrogens (primary N) is 2. The van der Waals surface area contributed by atoms with E-state index < -0.39 is 69.8 Å². The van der Waals surface area contributed by atoms with Crippen LogP contribution in [-0.2, 0) is 27.9 Å². The fourth-order valence-electron chi connectivity index (χ4n) is 5.01. The Morgan fingerprint density at radius 1 is 0.976 bits per heavy atom. The van der Waals surface area contributed by atoms with Crippen LogP contribution in [0.2, 0.25) is 0 Å². The van der Waals surface area contributed by atoms with Crippen molar-refractivity contribution in [2.24, 2.45) is 0 Å². The molecule has 6 rings (SSSR count). The Hall–Kier alpha value is -3.84. The predicted molar refractivity (Wildman–Crippen MR) is 138 cm³/mol. The lowest BCUT2D eigenvalue weighted by Gasteiger charge is -2.26. The number of aromatic nitrogens is 8. The van der Waals surface area contributed by atoms with E-state index in [0.29, 0.717) is 22.3 Å². The lowest BCUT2D eigenvalue weighted by molar-refractivity contribution is -0.301. The summed E-state index contributed by atoms with van der Waals surface area (Å²) in [6.45, 7) is -1.01. The summed E-state index contributed by atoms with van der Waals surface area (Å²) in [7, 11) is -4.41. The first kappa shape index (κ1) is 28.3. The molecule has 6 heterocycles. The van der Waals surface area contributed by atoms with E-state index in [2.05, 4.69) is 29.9 Å². The van der Waals surface area contributed by atoms with Crippen LogP contribution in [0.5, 0.6) is 0 Å². The smallest absolute Gasteiger partial charge is 0.336 e. The molecule has 2 aliphatic rings. The quantitative estimate of drug-likeness (QED) is 0.144. The van der Waals surface area contributed by atoms with E-state index in [1.165, 1.54) is 25.3 Å². The fourth-order valence-corrected chi connectivity index (χ4v) is 6.56. The van der Waals surface area contributed by atoms with Crippen LogP contribution in [0.3, 0.4) is 0 Å². The van der Waals surface area contributed by atoms with Crippen LogP contribution in [0.1, 0.15) is 25.3 Å². The van der Waals surface area contributed by atoms with Gasteiger partial charge >= 0.3 is 7.60 Å². The summed E-state index contributed by atoms with van der Waals surface area (Å²) in [5, 5.41) is 32.1. The monoisotopic (exact) mass is 605 g/mol. The number of carbonyl (C=O) groups excluding carboxylic acids is 1. The van der Waals surface area contributed by atoms with E-state index in [-0.39, 0.29) is 24.5 Å². The molecule has 7 atom stereocenters. The van der Waals surface area contributed by atoms with Crippen molar-refractivity contribution in [3.63, 3.8) is 0 Å². The van der Waals surface area contributed by atoms with Crippen molar-refractivity contribution >= 4 is 47.5 Å². The molecular weight excluding hydrogens is 579 g/mol. The third kappa shape index (κ3) is 5.26. The molecule has 224 valence electrons. The molecule has 42 heavy (non-hydrogen) atoms. The van der Waals surface area contributed by atoms with Gasteiger partial charge in [0.25, 0.3) is 0 Å². The zero-order chi connectivity index (χ0) is 29.6. The van der Waals surface area contributed by atoms with E-state index in [0.717, 1.165) is 0 Å². The fraction of sp³-hybridized carbons (Fsp3) is 0.500. The maximum absolute atomic E-state index is 13.6. The highest BCUT2D eigenvalue weighted by molar-refractivity contribution is 7.54. The van der Waals surface area contributed by atoms with Crippen LogP contribution in [0.25, 0.3) is 22.3 Å². The van der Waals surface area contributed by atoms with Gasteiger partial charge in [0.15, 0.2) is 22.9 Å². The van der Waals surface area contributed by atoms with Crippen molar-refractivity contribution in [2.75, 3.05) is 30.8 Å². The van der Waals surface area contributed by atoms with E-state index in [1.54, 1.807) is 9.13 Å². The van der Waals surface area contributed by atoms with Crippen molar-refractivity contribution in [3.8, 4) is 0 Å². The number of imidazole rings is 2. The number of nitrogens with zero attached hydrogens (tertiary/aromatic N) is 8. The summed E-state index contributed by atoms with van der Waals surface area (Å²) in [6.07, 6.45) is -1.17. The van der Waals surface area contributed by atoms with Gasteiger partial charge in [-0.05, 0) is 0 Å². The number of rotatable bonds is 10. The standard InChI is InChI=1S/C22H27N10O9P/c23-19-17-21(27-6-25-19)31(8-29-17)14-1-10(34)13(40-14)4-38-42(37,5-16(35)36)41-11-2-15(39-12(11)3-33)32-9-30-18-20(24)26-7-28-22(18)32/h6-15,33-34H,1-5H2,(H,35,36)(H2,23,25,27)(H2,24,26,28)/p-1/t10?,11?,12-,13-,14-,15-,42?/m1/s1. The van der Waals surface area contributed by atoms with Crippen molar-refractivity contribution in [2.45, 2.75) is 49.7 Å². The minimum Gasteiger partial charge on any atom is -0.549 e. The molecule has 0 bridgehead atoms. The first-order valence-electron chi connectivity index (χ1n) is 12.7. The third-order valence-corrected chi connectivity index (χ3v) is 8.79. The largest absolute Gasteiger partial charge is 0.549 e. The van der Waals surface area contributed by atoms with Crippen LogP contribution in [0.4, 0.5) is 11.6 Å². The summed E-state index contributed by atoms with van der Waals surface area (Å²) in [5.74, 6) is -1.35. The first-order chi connectivity index (χ1) is 20.2. The molecule has 0 amide bonds. The average molecular weight is 605 g/mol. The highest BCUT2D eigenvalue weighted by Gasteiger charge is 2.44. The van der Waals surface area contributed by atoms with Crippen LogP contribution in [0.15, 0.2) is 25.3 Å². The minimum absolute atomic E-state index is 0.0321. The Morgan fingerprint density at radius 2 is 1.55 bits per heavy atom. The Labute approximate surface area is 236 Å². The lowest BCUT2D eigenvalue weighted by Crippen LogP contribution is -2.33. The third-order valence-electron chi connectivity index (χ3n) is 7.01. The number of carboxylic acid groups (broad SMARTS) is 1. The van der Waals surface area contributed by atoms with Gasteiger partial charge in [0.2, 0.25) is 0 Å². The predicted octanol–water partition coefficient (Wildman–Crippen LogP) is -1.90. The molecule has 4 aromatic heterocycles. The molecule has 0 saturated carbocycles. The Balaban J connectivity index is 1.15. The Bertz CT molecular complexity index is 1670. The zero-order valence-corrected chi connectivity index (χ0v) is 22.6. The van der Waals surface area contributed by atoms with Gasteiger partial charge in [-0.25, -0.2) is 29.9 Å². The number of ether oxygens (including phenoxy) is 2. The SMILES string of the molecule is Nc1ncnc2c1ncn2[C@H]1CC(O)[C@@H](COP(=O)(CC(=O)[O-])OC2C[C@H](n3cnc4c(N)ncnc43)O[C@@H]2CO)O1. The number of hydrogen-bond donors (Lipinski definition) is 4. The molecule has 3 unspecified atom stereocenters. The van der Waals surface area contributed by atoms with Crippen molar-refractivity contribution in [1.82, 2.24) is 39.0 Å². The molecule has 0 aromatic carbocycles. The second kappa shape index (κ2) is 11.1. The van der Waals surface area contributed by atoms with Gasteiger partial charge in [0.05, 0.1) is 50.2 Å². The maximum atomic E-state index is 13.6. The molecule has 2 fully saturated rings. The van der Waals surface area contributed by atoms with Gasteiger partial charge in [0, 0.05) is 12.8 Å². The van der Waals surface area contributed by atoms with Crippen molar-refractivity contribution in [1.29, 1.82) is 0 Å². The lowest BCUT2D eigenvalue weighted by atomic mass is 10.2. The molecule has 0 aliphatic carbocycles. The molecule has 0 radical (unpaired) electrons. The second-order valence-electron chi connectivity index (χ2n) is 9.73. The molecule has 6 N–H and O–H groups in total. The summed E-state index contributed by atoms with van der Waals surface area (Å²) >= 11 is 0. The van der Waals surface area contributed by atoms with Gasteiger partial charge in [-0.15, -0.1) is 0 Å². The van der Waals surface area contributed by atoms with Crippen LogP contribution >= 0.6 is 7.60 Å². The summed E-state index contributed by atoms with van der Waals surface area (Å²) < 4.78 is 39.7. The van der Waals surface area contributed by atoms with Crippen molar-refractivity contribution in [3.05, 3.63) is 25.3 Å². The number of aliphatic hydroxyl groups is 2. The zero-order valence-electron chi connectivity index (χ0n) is 21.7.